The molecule has 1 aromatic rings. The van der Waals surface area contributed by atoms with Gasteiger partial charge in [-0.2, -0.15) is 0 Å². The molecule has 0 unspecified atom stereocenters. The predicted octanol–water partition coefficient (Wildman–Crippen LogP) is 1.16. The summed E-state index contributed by atoms with van der Waals surface area (Å²) in [5, 5.41) is 9.09. The molecule has 1 fully saturated rings. The molecule has 0 atom stereocenters. The van der Waals surface area contributed by atoms with E-state index >= 15 is 0 Å². The van der Waals surface area contributed by atoms with E-state index < -0.39 is 16.0 Å². The number of hydrogen-bond acceptors (Lipinski definition) is 3. The van der Waals surface area contributed by atoms with Crippen molar-refractivity contribution in [1.82, 2.24) is 8.87 Å². The lowest BCUT2D eigenvalue weighted by Crippen LogP contribution is -2.26. The van der Waals surface area contributed by atoms with Gasteiger partial charge in [0.25, 0.3) is 0 Å². The maximum Gasteiger partial charge on any atom is 0.352 e. The average Bonchev–Trinajstić information content (AvgIpc) is 3.05. The van der Waals surface area contributed by atoms with Crippen molar-refractivity contribution >= 4 is 16.0 Å². The number of sulfonamides is 1. The molecule has 6 nitrogen and oxygen atoms in total. The molecule has 18 heavy (non-hydrogen) atoms. The van der Waals surface area contributed by atoms with E-state index in [0.717, 1.165) is 12.8 Å². The van der Waals surface area contributed by atoms with Crippen LogP contribution in [0.2, 0.25) is 0 Å². The number of aromatic carboxylic acids is 1. The fourth-order valence-corrected chi connectivity index (χ4v) is 2.98. The minimum absolute atomic E-state index is 0.0422. The maximum atomic E-state index is 12.1. The Morgan fingerprint density at radius 3 is 2.61 bits per heavy atom. The summed E-state index contributed by atoms with van der Waals surface area (Å²) >= 11 is 0. The van der Waals surface area contributed by atoms with E-state index in [-0.39, 0.29) is 16.6 Å². The van der Waals surface area contributed by atoms with Gasteiger partial charge in [-0.3, -0.25) is 0 Å². The van der Waals surface area contributed by atoms with Gasteiger partial charge in [-0.15, -0.1) is 0 Å². The highest BCUT2D eigenvalue weighted by Gasteiger charge is 2.31. The fourth-order valence-electron chi connectivity index (χ4n) is 1.77. The molecule has 1 aliphatic carbocycles. The van der Waals surface area contributed by atoms with Gasteiger partial charge in [-0.25, -0.2) is 17.5 Å². The molecule has 0 amide bonds. The summed E-state index contributed by atoms with van der Waals surface area (Å²) in [6.07, 6.45) is 3.23. The van der Waals surface area contributed by atoms with Gasteiger partial charge in [-0.1, -0.05) is 6.92 Å². The summed E-state index contributed by atoms with van der Waals surface area (Å²) in [7, 11) is -2.10. The van der Waals surface area contributed by atoms with Gasteiger partial charge in [-0.05, 0) is 18.9 Å². The third kappa shape index (κ3) is 2.15. The van der Waals surface area contributed by atoms with E-state index in [0.29, 0.717) is 6.54 Å². The first kappa shape index (κ1) is 13.1. The Kier molecular flexibility index (Phi) is 3.20. The van der Waals surface area contributed by atoms with E-state index in [1.807, 2.05) is 0 Å². The van der Waals surface area contributed by atoms with Gasteiger partial charge >= 0.3 is 5.97 Å². The van der Waals surface area contributed by atoms with Crippen LogP contribution in [0.5, 0.6) is 0 Å². The number of nitrogens with zero attached hydrogens (tertiary/aromatic N) is 2. The van der Waals surface area contributed by atoms with Crippen LogP contribution < -0.4 is 0 Å². The molecule has 0 bridgehead atoms. The van der Waals surface area contributed by atoms with Crippen LogP contribution in [0.3, 0.4) is 0 Å². The smallest absolute Gasteiger partial charge is 0.352 e. The molecule has 1 N–H and O–H groups in total. The van der Waals surface area contributed by atoms with Gasteiger partial charge in [0.15, 0.2) is 0 Å². The molecule has 100 valence electrons. The first-order valence-corrected chi connectivity index (χ1v) is 7.23. The fraction of sp³-hybridized carbons (Fsp3) is 0.545. The number of carboxylic acid groups (broad SMARTS) is 1. The summed E-state index contributed by atoms with van der Waals surface area (Å²) in [6, 6.07) is 1.37. The van der Waals surface area contributed by atoms with Crippen LogP contribution in [0.25, 0.3) is 0 Å². The molecular weight excluding hydrogens is 256 g/mol. The van der Waals surface area contributed by atoms with Crippen molar-refractivity contribution in [2.45, 2.75) is 30.7 Å². The molecule has 0 spiro atoms. The SMILES string of the molecule is CCN(C)S(=O)(=O)c1cc(C(=O)O)n(C2CC2)c1. The molecule has 0 aliphatic heterocycles. The summed E-state index contributed by atoms with van der Waals surface area (Å²) in [5.41, 5.74) is 0.0422. The van der Waals surface area contributed by atoms with E-state index in [4.69, 9.17) is 5.11 Å². The molecule has 7 heteroatoms. The van der Waals surface area contributed by atoms with Crippen LogP contribution in [-0.2, 0) is 10.0 Å². The van der Waals surface area contributed by atoms with E-state index in [2.05, 4.69) is 0 Å². The first-order valence-electron chi connectivity index (χ1n) is 5.79. The molecule has 0 saturated heterocycles. The Balaban J connectivity index is 2.47. The highest BCUT2D eigenvalue weighted by molar-refractivity contribution is 7.89. The van der Waals surface area contributed by atoms with Crippen LogP contribution in [-0.4, -0.2) is 42.0 Å². The minimum atomic E-state index is -3.58. The monoisotopic (exact) mass is 272 g/mol. The van der Waals surface area contributed by atoms with Crippen LogP contribution in [0.1, 0.15) is 36.3 Å². The third-order valence-electron chi connectivity index (χ3n) is 3.14. The van der Waals surface area contributed by atoms with Crippen LogP contribution in [0.4, 0.5) is 0 Å². The largest absolute Gasteiger partial charge is 0.477 e. The molecule has 1 saturated carbocycles. The highest BCUT2D eigenvalue weighted by Crippen LogP contribution is 2.37. The Morgan fingerprint density at radius 1 is 1.56 bits per heavy atom. The zero-order valence-corrected chi connectivity index (χ0v) is 11.1. The van der Waals surface area contributed by atoms with Crippen LogP contribution >= 0.6 is 0 Å². The minimum Gasteiger partial charge on any atom is -0.477 e. The second kappa shape index (κ2) is 4.40. The standard InChI is InChI=1S/C11H16N2O4S/c1-3-12(2)18(16,17)9-6-10(11(14)15)13(7-9)8-4-5-8/h6-8H,3-5H2,1-2H3,(H,14,15). The molecule has 2 rings (SSSR count). The van der Waals surface area contributed by atoms with E-state index in [1.54, 1.807) is 11.5 Å². The number of rotatable bonds is 5. The maximum absolute atomic E-state index is 12.1. The lowest BCUT2D eigenvalue weighted by atomic mass is 10.4. The summed E-state index contributed by atoms with van der Waals surface area (Å²) in [4.78, 5) is 11.2. The molecule has 1 aliphatic rings. The van der Waals surface area contributed by atoms with Crippen molar-refractivity contribution in [2.24, 2.45) is 0 Å². The molecular formula is C11H16N2O4S. The van der Waals surface area contributed by atoms with Crippen molar-refractivity contribution in [3.8, 4) is 0 Å². The Hall–Kier alpha value is -1.34. The average molecular weight is 272 g/mol. The van der Waals surface area contributed by atoms with Crippen molar-refractivity contribution < 1.29 is 18.3 Å². The van der Waals surface area contributed by atoms with Gasteiger partial charge in [0.05, 0.1) is 0 Å². The number of carboxylic acids is 1. The lowest BCUT2D eigenvalue weighted by molar-refractivity contribution is 0.0685. The highest BCUT2D eigenvalue weighted by atomic mass is 32.2. The number of carbonyl (C=O) groups is 1. The van der Waals surface area contributed by atoms with Crippen molar-refractivity contribution in [3.05, 3.63) is 18.0 Å². The van der Waals surface area contributed by atoms with Crippen molar-refractivity contribution in [1.29, 1.82) is 0 Å². The zero-order chi connectivity index (χ0) is 13.5. The van der Waals surface area contributed by atoms with Crippen molar-refractivity contribution in [2.75, 3.05) is 13.6 Å². The summed E-state index contributed by atoms with van der Waals surface area (Å²) < 4.78 is 27.0. The third-order valence-corrected chi connectivity index (χ3v) is 5.03. The normalized spacial score (nSPS) is 16.2. The Bertz CT molecular complexity index is 572. The predicted molar refractivity (Wildman–Crippen MR) is 65.2 cm³/mol. The molecule has 0 aromatic carbocycles. The lowest BCUT2D eigenvalue weighted by Gasteiger charge is -2.12. The zero-order valence-electron chi connectivity index (χ0n) is 10.3. The van der Waals surface area contributed by atoms with Gasteiger partial charge in [0.2, 0.25) is 10.0 Å². The van der Waals surface area contributed by atoms with Gasteiger partial charge in [0.1, 0.15) is 10.6 Å². The molecule has 1 aromatic heterocycles. The van der Waals surface area contributed by atoms with Crippen LogP contribution in [0.15, 0.2) is 17.2 Å². The number of aromatic nitrogens is 1. The quantitative estimate of drug-likeness (QED) is 0.872. The second-order valence-corrected chi connectivity index (χ2v) is 6.47. The van der Waals surface area contributed by atoms with E-state index in [1.165, 1.54) is 23.6 Å². The summed E-state index contributed by atoms with van der Waals surface area (Å²) in [5.74, 6) is -1.09. The number of hydrogen-bond donors (Lipinski definition) is 1. The van der Waals surface area contributed by atoms with Crippen LogP contribution in [0, 0.1) is 0 Å². The van der Waals surface area contributed by atoms with Crippen molar-refractivity contribution in [3.63, 3.8) is 0 Å². The summed E-state index contributed by atoms with van der Waals surface area (Å²) in [6.45, 7) is 2.08. The second-order valence-electron chi connectivity index (χ2n) is 4.42. The Labute approximate surface area is 106 Å². The van der Waals surface area contributed by atoms with Gasteiger partial charge < -0.3 is 9.67 Å². The topological polar surface area (TPSA) is 79.6 Å². The van der Waals surface area contributed by atoms with Gasteiger partial charge in [0, 0.05) is 25.8 Å². The first-order chi connectivity index (χ1) is 8.37. The molecule has 1 heterocycles. The Morgan fingerprint density at radius 2 is 2.17 bits per heavy atom. The molecule has 0 radical (unpaired) electrons. The van der Waals surface area contributed by atoms with E-state index in [9.17, 15) is 13.2 Å².